The number of allylic oxidation sites excluding steroid dienone is 2. The van der Waals surface area contributed by atoms with Crippen molar-refractivity contribution < 1.29 is 0 Å². The van der Waals surface area contributed by atoms with Gasteiger partial charge in [0.05, 0.1) is 11.7 Å². The average Bonchev–Trinajstić information content (AvgIpc) is 3.49. The van der Waals surface area contributed by atoms with Gasteiger partial charge in [-0.05, 0) is 49.1 Å². The number of aryl methyl sites for hydroxylation is 1. The first-order chi connectivity index (χ1) is 17.1. The monoisotopic (exact) mass is 468 g/mol. The number of hydrogen-bond donors (Lipinski definition) is 2. The zero-order chi connectivity index (χ0) is 24.2. The van der Waals surface area contributed by atoms with Gasteiger partial charge >= 0.3 is 0 Å². The molecule has 4 heterocycles. The van der Waals surface area contributed by atoms with E-state index in [2.05, 4.69) is 83.6 Å². The van der Waals surface area contributed by atoms with Gasteiger partial charge < -0.3 is 10.6 Å². The Balaban J connectivity index is 1.41. The molecular weight excluding hydrogens is 432 g/mol. The van der Waals surface area contributed by atoms with Crippen molar-refractivity contribution in [1.82, 2.24) is 24.7 Å². The van der Waals surface area contributed by atoms with Crippen LogP contribution in [-0.4, -0.2) is 31.9 Å². The maximum atomic E-state index is 5.01. The van der Waals surface area contributed by atoms with E-state index in [0.29, 0.717) is 17.9 Å². The molecule has 3 aromatic rings. The second-order valence-electron chi connectivity index (χ2n) is 9.88. The normalized spacial score (nSPS) is 19.5. The summed E-state index contributed by atoms with van der Waals surface area (Å²) in [4.78, 5) is 14.2. The Morgan fingerprint density at radius 3 is 2.89 bits per heavy atom. The highest BCUT2D eigenvalue weighted by Gasteiger charge is 2.26. The van der Waals surface area contributed by atoms with Crippen molar-refractivity contribution in [2.24, 2.45) is 5.92 Å². The minimum atomic E-state index is 0.390. The van der Waals surface area contributed by atoms with Gasteiger partial charge in [-0.2, -0.15) is 0 Å². The van der Waals surface area contributed by atoms with E-state index in [9.17, 15) is 0 Å². The lowest BCUT2D eigenvalue weighted by atomic mass is 9.90. The zero-order valence-corrected chi connectivity index (χ0v) is 21.0. The minimum absolute atomic E-state index is 0.390. The lowest BCUT2D eigenvalue weighted by Crippen LogP contribution is -2.25. The van der Waals surface area contributed by atoms with Gasteiger partial charge in [-0.3, -0.25) is 9.38 Å². The molecule has 35 heavy (non-hydrogen) atoms. The highest BCUT2D eigenvalue weighted by Crippen LogP contribution is 2.30. The topological polar surface area (TPSA) is 67.1 Å². The van der Waals surface area contributed by atoms with Crippen molar-refractivity contribution in [3.05, 3.63) is 78.2 Å². The first kappa shape index (κ1) is 23.3. The number of aromatic nitrogens is 4. The molecule has 0 aromatic carbocycles. The minimum Gasteiger partial charge on any atom is -0.384 e. The van der Waals surface area contributed by atoms with Gasteiger partial charge in [-0.1, -0.05) is 57.4 Å². The van der Waals surface area contributed by atoms with E-state index >= 15 is 0 Å². The Bertz CT molecular complexity index is 1270. The number of pyridine rings is 1. The fourth-order valence-electron chi connectivity index (χ4n) is 5.16. The first-order valence-electron chi connectivity index (χ1n) is 13.0. The number of hydrogen-bond acceptors (Lipinski definition) is 5. The summed E-state index contributed by atoms with van der Waals surface area (Å²) < 4.78 is 2.24. The van der Waals surface area contributed by atoms with Gasteiger partial charge in [0.2, 0.25) is 0 Å². The van der Waals surface area contributed by atoms with Gasteiger partial charge in [0, 0.05) is 48.5 Å². The van der Waals surface area contributed by atoms with E-state index in [-0.39, 0.29) is 0 Å². The van der Waals surface area contributed by atoms with Crippen molar-refractivity contribution in [2.45, 2.75) is 64.8 Å². The second-order valence-corrected chi connectivity index (χ2v) is 9.88. The molecule has 0 saturated carbocycles. The maximum absolute atomic E-state index is 5.01. The number of anilines is 1. The molecule has 6 heteroatoms. The Hall–Kier alpha value is -3.41. The van der Waals surface area contributed by atoms with Crippen LogP contribution in [0.4, 0.5) is 5.82 Å². The van der Waals surface area contributed by atoms with Crippen molar-refractivity contribution in [1.29, 1.82) is 0 Å². The van der Waals surface area contributed by atoms with Crippen LogP contribution in [0, 0.1) is 12.8 Å². The van der Waals surface area contributed by atoms with Gasteiger partial charge in [-0.25, -0.2) is 9.97 Å². The number of nitrogens with one attached hydrogen (secondary N) is 2. The van der Waals surface area contributed by atoms with E-state index in [0.717, 1.165) is 41.3 Å². The molecule has 2 aliphatic rings. The predicted octanol–water partition coefficient (Wildman–Crippen LogP) is 6.18. The molecule has 0 radical (unpaired) electrons. The molecule has 5 rings (SSSR count). The molecule has 0 fully saturated rings. The zero-order valence-electron chi connectivity index (χ0n) is 21.0. The third-order valence-electron chi connectivity index (χ3n) is 7.17. The van der Waals surface area contributed by atoms with Crippen LogP contribution in [0.5, 0.6) is 0 Å². The molecule has 0 bridgehead atoms. The molecule has 3 atom stereocenters. The third-order valence-corrected chi connectivity index (χ3v) is 7.17. The van der Waals surface area contributed by atoms with Crippen LogP contribution >= 0.6 is 0 Å². The molecule has 3 aromatic heterocycles. The highest BCUT2D eigenvalue weighted by molar-refractivity contribution is 5.70. The van der Waals surface area contributed by atoms with E-state index in [1.165, 1.54) is 37.0 Å². The fourth-order valence-corrected chi connectivity index (χ4v) is 5.16. The number of unbranched alkanes of at least 4 members (excludes halogenated alkanes) is 2. The molecule has 6 nitrogen and oxygen atoms in total. The third kappa shape index (κ3) is 5.02. The van der Waals surface area contributed by atoms with Gasteiger partial charge in [-0.15, -0.1) is 0 Å². The summed E-state index contributed by atoms with van der Waals surface area (Å²) in [6, 6.07) is 2.53. The highest BCUT2D eigenvalue weighted by atomic mass is 15.1. The molecule has 2 N–H and O–H groups in total. The van der Waals surface area contributed by atoms with Crippen LogP contribution in [0.1, 0.15) is 63.1 Å². The summed E-state index contributed by atoms with van der Waals surface area (Å²) in [5.41, 5.74) is 6.63. The van der Waals surface area contributed by atoms with Gasteiger partial charge in [0.15, 0.2) is 11.5 Å². The Morgan fingerprint density at radius 1 is 1.14 bits per heavy atom. The lowest BCUT2D eigenvalue weighted by molar-refractivity contribution is 0.585. The van der Waals surface area contributed by atoms with Crippen molar-refractivity contribution in [2.75, 3.05) is 11.9 Å². The molecule has 1 aliphatic heterocycles. The number of imidazole rings is 1. The van der Waals surface area contributed by atoms with E-state index in [1.807, 2.05) is 18.6 Å². The fraction of sp³-hybridized carbons (Fsp3) is 0.414. The van der Waals surface area contributed by atoms with Gasteiger partial charge in [0.1, 0.15) is 0 Å². The summed E-state index contributed by atoms with van der Waals surface area (Å²) in [6.07, 6.45) is 24.8. The number of rotatable bonds is 10. The standard InChI is InChI=1S/C29H36N6/c1-4-5-6-9-21(3)27-18-33-29-28(31-13-12-22-17-32-25-11-8-7-10-24(22)25)34-26(19-35(27)29)23-14-20(2)15-30-16-23/h7-8,10-11,14-19,21,24-25,32H,4-6,9,12-13H2,1-3H3,(H,31,34). The second kappa shape index (κ2) is 10.5. The molecule has 3 unspecified atom stereocenters. The van der Waals surface area contributed by atoms with E-state index in [4.69, 9.17) is 9.97 Å². The van der Waals surface area contributed by atoms with Crippen molar-refractivity contribution in [3.8, 4) is 11.3 Å². The van der Waals surface area contributed by atoms with Crippen LogP contribution < -0.4 is 10.6 Å². The molecule has 0 saturated heterocycles. The van der Waals surface area contributed by atoms with Crippen LogP contribution in [0.25, 0.3) is 16.9 Å². The van der Waals surface area contributed by atoms with Crippen LogP contribution in [0.3, 0.4) is 0 Å². The quantitative estimate of drug-likeness (QED) is 0.348. The van der Waals surface area contributed by atoms with Crippen LogP contribution in [0.15, 0.2) is 66.9 Å². The summed E-state index contributed by atoms with van der Waals surface area (Å²) in [7, 11) is 0. The van der Waals surface area contributed by atoms with Gasteiger partial charge in [0.25, 0.3) is 0 Å². The van der Waals surface area contributed by atoms with E-state index < -0.39 is 0 Å². The number of fused-ring (bicyclic) bond motifs is 2. The summed E-state index contributed by atoms with van der Waals surface area (Å²) in [5.74, 6) is 1.72. The van der Waals surface area contributed by atoms with Crippen molar-refractivity contribution in [3.63, 3.8) is 0 Å². The van der Waals surface area contributed by atoms with Crippen molar-refractivity contribution >= 4 is 11.5 Å². The Morgan fingerprint density at radius 2 is 2.03 bits per heavy atom. The van der Waals surface area contributed by atoms with Crippen LogP contribution in [-0.2, 0) is 0 Å². The summed E-state index contributed by atoms with van der Waals surface area (Å²) in [6.45, 7) is 7.44. The largest absolute Gasteiger partial charge is 0.384 e. The molecule has 0 amide bonds. The SMILES string of the molecule is CCCCCC(C)c1cnc2c(NCCC3=CNC4C=CC=CC34)nc(-c3cncc(C)c3)cn12. The molecular formula is C29H36N6. The lowest BCUT2D eigenvalue weighted by Gasteiger charge is -2.19. The van der Waals surface area contributed by atoms with Crippen LogP contribution in [0.2, 0.25) is 0 Å². The predicted molar refractivity (Wildman–Crippen MR) is 143 cm³/mol. The number of nitrogens with zero attached hydrogens (tertiary/aromatic N) is 4. The summed E-state index contributed by atoms with van der Waals surface area (Å²) >= 11 is 0. The van der Waals surface area contributed by atoms with E-state index in [1.54, 1.807) is 0 Å². The molecule has 1 aliphatic carbocycles. The smallest absolute Gasteiger partial charge is 0.180 e. The molecule has 0 spiro atoms. The Kier molecular flexibility index (Phi) is 6.98. The first-order valence-corrected chi connectivity index (χ1v) is 13.0. The summed E-state index contributed by atoms with van der Waals surface area (Å²) in [5, 5.41) is 7.11. The maximum Gasteiger partial charge on any atom is 0.180 e. The Labute approximate surface area is 208 Å². The average molecular weight is 469 g/mol. The molecule has 182 valence electrons.